The number of hydrogen-bond donors (Lipinski definition) is 3. The summed E-state index contributed by atoms with van der Waals surface area (Å²) < 4.78 is 10.2. The lowest BCUT2D eigenvalue weighted by Gasteiger charge is -2.27. The van der Waals surface area contributed by atoms with Crippen LogP contribution in [0.2, 0.25) is 0 Å². The van der Waals surface area contributed by atoms with Crippen LogP contribution in [-0.2, 0) is 14.3 Å². The third kappa shape index (κ3) is 5.37. The summed E-state index contributed by atoms with van der Waals surface area (Å²) >= 11 is 0. The van der Waals surface area contributed by atoms with Crippen molar-refractivity contribution in [3.63, 3.8) is 0 Å². The molecule has 1 saturated heterocycles. The summed E-state index contributed by atoms with van der Waals surface area (Å²) in [7, 11) is 1.41. The number of hydrogen-bond acceptors (Lipinski definition) is 7. The number of ether oxygens (including phenoxy) is 2. The summed E-state index contributed by atoms with van der Waals surface area (Å²) in [5.74, 6) is -2.19. The Kier molecular flexibility index (Phi) is 7.17. The molecule has 0 spiro atoms. The second-order valence-electron chi connectivity index (χ2n) is 6.50. The molecule has 2 aromatic rings. The van der Waals surface area contributed by atoms with Gasteiger partial charge < -0.3 is 24.8 Å². The van der Waals surface area contributed by atoms with Crippen molar-refractivity contribution >= 4 is 29.6 Å². The molecule has 3 amide bonds. The number of hydrazone groups is 1. The van der Waals surface area contributed by atoms with Crippen molar-refractivity contribution in [1.82, 2.24) is 10.3 Å². The molecule has 1 heterocycles. The van der Waals surface area contributed by atoms with Crippen LogP contribution in [0, 0.1) is 0 Å². The largest absolute Gasteiger partial charge is 0.504 e. The van der Waals surface area contributed by atoms with Crippen LogP contribution in [0.1, 0.15) is 15.9 Å². The highest BCUT2D eigenvalue weighted by Crippen LogP contribution is 2.27. The van der Waals surface area contributed by atoms with Crippen LogP contribution in [0.4, 0.5) is 5.69 Å². The highest BCUT2D eigenvalue weighted by molar-refractivity contribution is 6.40. The molecule has 1 fully saturated rings. The van der Waals surface area contributed by atoms with Gasteiger partial charge in [-0.15, -0.1) is 0 Å². The van der Waals surface area contributed by atoms with Gasteiger partial charge in [0, 0.05) is 18.7 Å². The van der Waals surface area contributed by atoms with E-state index in [1.165, 1.54) is 19.4 Å². The van der Waals surface area contributed by atoms with E-state index >= 15 is 0 Å². The summed E-state index contributed by atoms with van der Waals surface area (Å²) in [4.78, 5) is 38.7. The van der Waals surface area contributed by atoms with E-state index in [1.54, 1.807) is 41.3 Å². The van der Waals surface area contributed by atoms with Crippen LogP contribution in [0.15, 0.2) is 47.6 Å². The van der Waals surface area contributed by atoms with Gasteiger partial charge in [0.1, 0.15) is 0 Å². The number of anilines is 1. The molecule has 3 rings (SSSR count). The number of para-hydroxylation sites is 2. The molecular formula is C21H22N4O6. The highest BCUT2D eigenvalue weighted by atomic mass is 16.5. The molecule has 1 aliphatic rings. The Hall–Kier alpha value is -3.92. The van der Waals surface area contributed by atoms with E-state index in [9.17, 15) is 19.5 Å². The fraction of sp³-hybridized carbons (Fsp3) is 0.238. The predicted molar refractivity (Wildman–Crippen MR) is 112 cm³/mol. The second kappa shape index (κ2) is 10.2. The zero-order chi connectivity index (χ0) is 22.2. The Labute approximate surface area is 178 Å². The molecular weight excluding hydrogens is 404 g/mol. The smallest absolute Gasteiger partial charge is 0.329 e. The molecule has 0 aliphatic carbocycles. The van der Waals surface area contributed by atoms with Crippen molar-refractivity contribution in [3.05, 3.63) is 53.6 Å². The number of benzene rings is 2. The fourth-order valence-corrected chi connectivity index (χ4v) is 2.91. The lowest BCUT2D eigenvalue weighted by Crippen LogP contribution is -2.41. The maximum absolute atomic E-state index is 12.7. The average molecular weight is 426 g/mol. The molecule has 0 atom stereocenters. The standard InChI is InChI=1S/C21H22N4O6/c1-30-17-8-4-5-14(18(17)26)13-22-24-20(28)19(27)23-16-7-3-2-6-15(16)21(29)25-9-11-31-12-10-25/h2-8,13,26H,9-12H2,1H3,(H,23,27)(H,24,28). The van der Waals surface area contributed by atoms with Crippen LogP contribution in [0.3, 0.4) is 0 Å². The van der Waals surface area contributed by atoms with Crippen molar-refractivity contribution in [2.75, 3.05) is 38.7 Å². The van der Waals surface area contributed by atoms with E-state index in [1.807, 2.05) is 0 Å². The van der Waals surface area contributed by atoms with Gasteiger partial charge in [-0.05, 0) is 24.3 Å². The summed E-state index contributed by atoms with van der Waals surface area (Å²) in [6.07, 6.45) is 1.18. The highest BCUT2D eigenvalue weighted by Gasteiger charge is 2.22. The topological polar surface area (TPSA) is 130 Å². The van der Waals surface area contributed by atoms with E-state index in [0.29, 0.717) is 31.9 Å². The molecule has 0 aromatic heterocycles. The minimum Gasteiger partial charge on any atom is -0.504 e. The predicted octanol–water partition coefficient (Wildman–Crippen LogP) is 0.962. The maximum atomic E-state index is 12.7. The van der Waals surface area contributed by atoms with Gasteiger partial charge in [-0.2, -0.15) is 5.10 Å². The third-order valence-corrected chi connectivity index (χ3v) is 4.53. The number of phenols is 1. The molecule has 31 heavy (non-hydrogen) atoms. The second-order valence-corrected chi connectivity index (χ2v) is 6.50. The molecule has 2 aromatic carbocycles. The number of nitrogens with one attached hydrogen (secondary N) is 2. The minimum atomic E-state index is -1.03. The molecule has 1 aliphatic heterocycles. The van der Waals surface area contributed by atoms with Gasteiger partial charge in [0.15, 0.2) is 11.5 Å². The summed E-state index contributed by atoms with van der Waals surface area (Å²) in [5, 5.41) is 16.1. The normalized spacial score (nSPS) is 13.6. The molecule has 3 N–H and O–H groups in total. The number of carbonyl (C=O) groups is 3. The number of amides is 3. The van der Waals surface area contributed by atoms with Gasteiger partial charge in [-0.25, -0.2) is 5.43 Å². The van der Waals surface area contributed by atoms with Gasteiger partial charge >= 0.3 is 11.8 Å². The minimum absolute atomic E-state index is 0.150. The zero-order valence-corrected chi connectivity index (χ0v) is 16.8. The Balaban J connectivity index is 1.64. The van der Waals surface area contributed by atoms with Crippen LogP contribution in [-0.4, -0.2) is 67.4 Å². The molecule has 162 valence electrons. The van der Waals surface area contributed by atoms with Crippen molar-refractivity contribution in [1.29, 1.82) is 0 Å². The van der Waals surface area contributed by atoms with E-state index in [0.717, 1.165) is 0 Å². The summed E-state index contributed by atoms with van der Waals surface area (Å²) in [5.41, 5.74) is 2.87. The fourth-order valence-electron chi connectivity index (χ4n) is 2.91. The Morgan fingerprint density at radius 1 is 1.10 bits per heavy atom. The molecule has 10 heteroatoms. The summed E-state index contributed by atoms with van der Waals surface area (Å²) in [6, 6.07) is 11.2. The third-order valence-electron chi connectivity index (χ3n) is 4.53. The SMILES string of the molecule is COc1cccc(C=NNC(=O)C(=O)Nc2ccccc2C(=O)N2CCOCC2)c1O. The number of phenolic OH excluding ortho intramolecular Hbond substituents is 1. The number of methoxy groups -OCH3 is 1. The van der Waals surface area contributed by atoms with Gasteiger partial charge in [0.05, 0.1) is 37.8 Å². The van der Waals surface area contributed by atoms with E-state index in [2.05, 4.69) is 15.8 Å². The average Bonchev–Trinajstić information content (AvgIpc) is 2.80. The first-order valence-electron chi connectivity index (χ1n) is 9.47. The number of carbonyl (C=O) groups excluding carboxylic acids is 3. The number of rotatable bonds is 5. The van der Waals surface area contributed by atoms with Crippen LogP contribution in [0.5, 0.6) is 11.5 Å². The summed E-state index contributed by atoms with van der Waals surface area (Å²) in [6.45, 7) is 1.80. The number of aromatic hydroxyl groups is 1. The van der Waals surface area contributed by atoms with Crippen molar-refractivity contribution in [2.45, 2.75) is 0 Å². The van der Waals surface area contributed by atoms with Crippen molar-refractivity contribution in [3.8, 4) is 11.5 Å². The van der Waals surface area contributed by atoms with Crippen molar-refractivity contribution < 1.29 is 29.0 Å². The molecule has 0 bridgehead atoms. The van der Waals surface area contributed by atoms with Crippen LogP contribution in [0.25, 0.3) is 0 Å². The Bertz CT molecular complexity index is 1000. The maximum Gasteiger partial charge on any atom is 0.329 e. The first kappa shape index (κ1) is 21.8. The first-order chi connectivity index (χ1) is 15.0. The van der Waals surface area contributed by atoms with Gasteiger partial charge in [-0.3, -0.25) is 14.4 Å². The Morgan fingerprint density at radius 2 is 1.84 bits per heavy atom. The van der Waals surface area contributed by atoms with E-state index in [4.69, 9.17) is 9.47 Å². The van der Waals surface area contributed by atoms with Gasteiger partial charge in [-0.1, -0.05) is 18.2 Å². The van der Waals surface area contributed by atoms with Gasteiger partial charge in [0.25, 0.3) is 5.91 Å². The van der Waals surface area contributed by atoms with Crippen LogP contribution >= 0.6 is 0 Å². The molecule has 0 saturated carbocycles. The number of nitrogens with zero attached hydrogens (tertiary/aromatic N) is 2. The number of morpholine rings is 1. The van der Waals surface area contributed by atoms with Crippen molar-refractivity contribution in [2.24, 2.45) is 5.10 Å². The van der Waals surface area contributed by atoms with Crippen LogP contribution < -0.4 is 15.5 Å². The molecule has 10 nitrogen and oxygen atoms in total. The first-order valence-corrected chi connectivity index (χ1v) is 9.47. The quantitative estimate of drug-likeness (QED) is 0.371. The van der Waals surface area contributed by atoms with Gasteiger partial charge in [0.2, 0.25) is 0 Å². The zero-order valence-electron chi connectivity index (χ0n) is 16.8. The molecule has 0 radical (unpaired) electrons. The van der Waals surface area contributed by atoms with E-state index < -0.39 is 11.8 Å². The lowest BCUT2D eigenvalue weighted by molar-refractivity contribution is -0.136. The monoisotopic (exact) mass is 426 g/mol. The lowest BCUT2D eigenvalue weighted by atomic mass is 10.1. The van der Waals surface area contributed by atoms with E-state index in [-0.39, 0.29) is 28.7 Å². The Morgan fingerprint density at radius 3 is 2.58 bits per heavy atom. The molecule has 0 unspecified atom stereocenters.